The third-order valence-corrected chi connectivity index (χ3v) is 8.74. The van der Waals surface area contributed by atoms with Gasteiger partial charge in [-0.1, -0.05) is 35.3 Å². The van der Waals surface area contributed by atoms with Crippen LogP contribution in [0.25, 0.3) is 0 Å². The van der Waals surface area contributed by atoms with Crippen molar-refractivity contribution < 1.29 is 22.4 Å². The summed E-state index contributed by atoms with van der Waals surface area (Å²) < 4.78 is 53.3. The maximum absolute atomic E-state index is 14.2. The highest BCUT2D eigenvalue weighted by molar-refractivity contribution is 6.42. The number of nitrogens with zero attached hydrogens (tertiary/aromatic N) is 4. The minimum Gasteiger partial charge on any atom is -0.339 e. The average molecular weight is 590 g/mol. The van der Waals surface area contributed by atoms with Crippen LogP contribution in [0.15, 0.2) is 36.4 Å². The van der Waals surface area contributed by atoms with E-state index in [0.717, 1.165) is 43.6 Å². The predicted octanol–water partition coefficient (Wildman–Crippen LogP) is 5.60. The van der Waals surface area contributed by atoms with Crippen LogP contribution in [0.3, 0.4) is 0 Å². The van der Waals surface area contributed by atoms with Crippen LogP contribution < -0.4 is 0 Å². The number of alkyl halides is 3. The molecule has 2 atom stereocenters. The second-order valence-corrected chi connectivity index (χ2v) is 11.7. The molecule has 0 radical (unpaired) electrons. The smallest absolute Gasteiger partial charge is 0.339 e. The molecule has 2 fully saturated rings. The summed E-state index contributed by atoms with van der Waals surface area (Å²) in [5.41, 5.74) is 0.0567. The normalized spacial score (nSPS) is 21.4. The molecule has 2 saturated heterocycles. The number of hydrogen-bond donors (Lipinski definition) is 0. The van der Waals surface area contributed by atoms with Crippen molar-refractivity contribution in [3.63, 3.8) is 0 Å². The van der Waals surface area contributed by atoms with Gasteiger partial charge in [-0.15, -0.1) is 0 Å². The lowest BCUT2D eigenvalue weighted by atomic mass is 9.93. The van der Waals surface area contributed by atoms with Crippen LogP contribution in [-0.4, -0.2) is 91.5 Å². The Hall–Kier alpha value is -1.91. The van der Waals surface area contributed by atoms with Gasteiger partial charge in [0.1, 0.15) is 5.82 Å². The Bertz CT molecular complexity index is 1170. The molecule has 2 aliphatic rings. The highest BCUT2D eigenvalue weighted by Crippen LogP contribution is 2.36. The van der Waals surface area contributed by atoms with E-state index in [9.17, 15) is 22.4 Å². The van der Waals surface area contributed by atoms with Gasteiger partial charge in [0, 0.05) is 50.7 Å². The third kappa shape index (κ3) is 7.24. The minimum absolute atomic E-state index is 0.0415. The first-order chi connectivity index (χ1) is 18.3. The second kappa shape index (κ2) is 12.3. The molecule has 0 saturated carbocycles. The van der Waals surface area contributed by atoms with Gasteiger partial charge in [-0.25, -0.2) is 4.39 Å². The van der Waals surface area contributed by atoms with Gasteiger partial charge < -0.3 is 9.80 Å². The van der Waals surface area contributed by atoms with Crippen LogP contribution in [0.1, 0.15) is 35.4 Å². The van der Waals surface area contributed by atoms with Crippen LogP contribution in [0.4, 0.5) is 17.6 Å². The molecule has 2 aromatic rings. The maximum atomic E-state index is 14.2. The van der Waals surface area contributed by atoms with Gasteiger partial charge >= 0.3 is 6.18 Å². The monoisotopic (exact) mass is 588 g/mol. The van der Waals surface area contributed by atoms with Gasteiger partial charge in [-0.3, -0.25) is 14.6 Å². The summed E-state index contributed by atoms with van der Waals surface area (Å²) in [6, 6.07) is 8.78. The summed E-state index contributed by atoms with van der Waals surface area (Å²) in [5.74, 6) is -1.36. The van der Waals surface area contributed by atoms with Crippen molar-refractivity contribution in [1.82, 2.24) is 19.6 Å². The molecule has 4 rings (SSSR count). The average Bonchev–Trinajstić information content (AvgIpc) is 3.31. The number of benzene rings is 2. The lowest BCUT2D eigenvalue weighted by Gasteiger charge is -2.35. The van der Waals surface area contributed by atoms with Crippen molar-refractivity contribution in [3.8, 4) is 0 Å². The number of hydrogen-bond acceptors (Lipinski definition) is 4. The van der Waals surface area contributed by atoms with E-state index in [4.69, 9.17) is 23.2 Å². The molecular formula is C28H34Cl2F4N4O. The van der Waals surface area contributed by atoms with Crippen LogP contribution >= 0.6 is 23.2 Å². The van der Waals surface area contributed by atoms with Crippen LogP contribution in [0, 0.1) is 5.82 Å². The Labute approximate surface area is 237 Å². The van der Waals surface area contributed by atoms with Crippen LogP contribution in [0.5, 0.6) is 0 Å². The molecule has 0 spiro atoms. The van der Waals surface area contributed by atoms with E-state index in [-0.39, 0.29) is 24.4 Å². The van der Waals surface area contributed by atoms with Crippen molar-refractivity contribution in [3.05, 3.63) is 69.0 Å². The molecule has 2 heterocycles. The van der Waals surface area contributed by atoms with Crippen molar-refractivity contribution in [2.24, 2.45) is 0 Å². The molecule has 1 amide bonds. The highest BCUT2D eigenvalue weighted by Gasteiger charge is 2.39. The van der Waals surface area contributed by atoms with Gasteiger partial charge in [0.15, 0.2) is 0 Å². The molecule has 11 heteroatoms. The predicted molar refractivity (Wildman–Crippen MR) is 146 cm³/mol. The summed E-state index contributed by atoms with van der Waals surface area (Å²) in [6.07, 6.45) is -2.72. The number of carbonyl (C=O) groups excluding carboxylic acids is 1. The van der Waals surface area contributed by atoms with Crippen molar-refractivity contribution in [2.45, 2.75) is 43.6 Å². The molecule has 39 heavy (non-hydrogen) atoms. The number of likely N-dealkylation sites (N-methyl/N-ethyl adjacent to an activating group) is 1. The Morgan fingerprint density at radius 3 is 2.28 bits per heavy atom. The lowest BCUT2D eigenvalue weighted by Crippen LogP contribution is -2.46. The first kappa shape index (κ1) is 30.1. The van der Waals surface area contributed by atoms with Gasteiger partial charge in [-0.2, -0.15) is 13.2 Å². The van der Waals surface area contributed by atoms with Crippen molar-refractivity contribution >= 4 is 29.1 Å². The maximum Gasteiger partial charge on any atom is 0.419 e. The van der Waals surface area contributed by atoms with Crippen LogP contribution in [-0.2, 0) is 17.5 Å². The third-order valence-electron chi connectivity index (χ3n) is 8.00. The van der Waals surface area contributed by atoms with E-state index < -0.39 is 17.6 Å². The van der Waals surface area contributed by atoms with E-state index in [0.29, 0.717) is 41.3 Å². The first-order valence-electron chi connectivity index (χ1n) is 13.0. The Morgan fingerprint density at radius 1 is 1.00 bits per heavy atom. The molecule has 0 aliphatic carbocycles. The van der Waals surface area contributed by atoms with Crippen molar-refractivity contribution in [1.29, 1.82) is 0 Å². The number of carbonyl (C=O) groups is 1. The number of piperidine rings is 1. The Morgan fingerprint density at radius 2 is 1.69 bits per heavy atom. The molecule has 5 nitrogen and oxygen atoms in total. The number of amides is 1. The SMILES string of the molecule is CN(C)C1CCN(CC(=O)N2C[C@H](c3ccc(Cl)c(Cl)c3)[C@@H](N(C)Cc3ccc(C(F)(F)F)c(F)c3)C2)CC1. The van der Waals surface area contributed by atoms with Gasteiger partial charge in [0.05, 0.1) is 22.2 Å². The summed E-state index contributed by atoms with van der Waals surface area (Å²) >= 11 is 12.4. The quantitative estimate of drug-likeness (QED) is 0.394. The topological polar surface area (TPSA) is 30.0 Å². The van der Waals surface area contributed by atoms with Gasteiger partial charge in [0.25, 0.3) is 0 Å². The zero-order valence-corrected chi connectivity index (χ0v) is 23.8. The van der Waals surface area contributed by atoms with E-state index in [1.165, 1.54) is 6.07 Å². The Balaban J connectivity index is 1.49. The lowest BCUT2D eigenvalue weighted by molar-refractivity contribution is -0.140. The fourth-order valence-electron chi connectivity index (χ4n) is 5.68. The number of halogens is 6. The van der Waals surface area contributed by atoms with E-state index >= 15 is 0 Å². The Kier molecular flexibility index (Phi) is 9.49. The second-order valence-electron chi connectivity index (χ2n) is 10.8. The summed E-state index contributed by atoms with van der Waals surface area (Å²) in [5, 5.41) is 0.839. The van der Waals surface area contributed by atoms with Gasteiger partial charge in [0.2, 0.25) is 5.91 Å². The zero-order valence-electron chi connectivity index (χ0n) is 22.3. The van der Waals surface area contributed by atoms with E-state index in [2.05, 4.69) is 23.9 Å². The van der Waals surface area contributed by atoms with Crippen molar-refractivity contribution in [2.75, 3.05) is 53.9 Å². The molecule has 214 valence electrons. The van der Waals surface area contributed by atoms with E-state index in [1.807, 2.05) is 22.9 Å². The molecule has 0 aromatic heterocycles. The highest BCUT2D eigenvalue weighted by atomic mass is 35.5. The molecule has 2 aromatic carbocycles. The number of likely N-dealkylation sites (tertiary alicyclic amines) is 2. The van der Waals surface area contributed by atoms with Gasteiger partial charge in [-0.05, 0) is 69.4 Å². The summed E-state index contributed by atoms with van der Waals surface area (Å²) in [7, 11) is 5.99. The molecule has 2 aliphatic heterocycles. The van der Waals surface area contributed by atoms with Crippen LogP contribution in [0.2, 0.25) is 10.0 Å². The molecular weight excluding hydrogens is 555 g/mol. The van der Waals surface area contributed by atoms with E-state index in [1.54, 1.807) is 12.1 Å². The minimum atomic E-state index is -4.75. The summed E-state index contributed by atoms with van der Waals surface area (Å²) in [6.45, 7) is 3.20. The standard InChI is InChI=1S/C28H34Cl2F4N4O/c1-35(2)20-8-10-37(11-9-20)17-27(39)38-15-21(19-5-7-23(29)24(30)13-19)26(16-38)36(3)14-18-4-6-22(25(31)12-18)28(32,33)34/h4-7,12-13,20-21,26H,8-11,14-17H2,1-3H3/t21-,26+/m1/s1. The fraction of sp³-hybridized carbons (Fsp3) is 0.536. The first-order valence-corrected chi connectivity index (χ1v) is 13.8. The molecule has 0 bridgehead atoms. The molecule has 0 unspecified atom stereocenters. The molecule has 0 N–H and O–H groups in total. The number of rotatable bonds is 7. The summed E-state index contributed by atoms with van der Waals surface area (Å²) in [4.78, 5) is 21.6. The zero-order chi connectivity index (χ0) is 28.5. The largest absolute Gasteiger partial charge is 0.419 e. The fourth-order valence-corrected chi connectivity index (χ4v) is 5.99.